The maximum absolute atomic E-state index is 14.1. The van der Waals surface area contributed by atoms with E-state index in [0.717, 1.165) is 24.6 Å². The first-order valence-electron chi connectivity index (χ1n) is 8.22. The summed E-state index contributed by atoms with van der Waals surface area (Å²) in [5, 5.41) is 3.46. The lowest BCUT2D eigenvalue weighted by Crippen LogP contribution is -2.39. The molecule has 0 bridgehead atoms. The van der Waals surface area contributed by atoms with Gasteiger partial charge < -0.3 is 10.2 Å². The lowest BCUT2D eigenvalue weighted by atomic mass is 9.93. The SMILES string of the molecule is CCNC(c1ccccc1F)C(C)CN(C)C(C)C1CC1. The minimum atomic E-state index is -0.104. The van der Waals surface area contributed by atoms with Crippen LogP contribution in [-0.4, -0.2) is 31.1 Å². The van der Waals surface area contributed by atoms with E-state index in [1.807, 2.05) is 12.1 Å². The molecule has 3 atom stereocenters. The van der Waals surface area contributed by atoms with Gasteiger partial charge in [-0.2, -0.15) is 0 Å². The molecule has 0 aromatic heterocycles. The van der Waals surface area contributed by atoms with Gasteiger partial charge in [-0.1, -0.05) is 32.0 Å². The summed E-state index contributed by atoms with van der Waals surface area (Å²) in [5.41, 5.74) is 0.791. The Morgan fingerprint density at radius 1 is 1.29 bits per heavy atom. The minimum absolute atomic E-state index is 0.0741. The normalized spacial score (nSPS) is 19.5. The van der Waals surface area contributed by atoms with Crippen molar-refractivity contribution in [1.82, 2.24) is 10.2 Å². The second-order valence-corrected chi connectivity index (χ2v) is 6.55. The van der Waals surface area contributed by atoms with Crippen LogP contribution < -0.4 is 5.32 Å². The Morgan fingerprint density at radius 3 is 2.52 bits per heavy atom. The highest BCUT2D eigenvalue weighted by molar-refractivity contribution is 5.22. The van der Waals surface area contributed by atoms with E-state index in [2.05, 4.69) is 38.0 Å². The maximum Gasteiger partial charge on any atom is 0.127 e. The summed E-state index contributed by atoms with van der Waals surface area (Å²) >= 11 is 0. The molecule has 1 aliphatic carbocycles. The zero-order chi connectivity index (χ0) is 15.4. The van der Waals surface area contributed by atoms with E-state index in [-0.39, 0.29) is 11.9 Å². The number of hydrogen-bond donors (Lipinski definition) is 1. The van der Waals surface area contributed by atoms with Crippen LogP contribution >= 0.6 is 0 Å². The van der Waals surface area contributed by atoms with Crippen molar-refractivity contribution in [2.24, 2.45) is 11.8 Å². The van der Waals surface area contributed by atoms with E-state index in [1.165, 1.54) is 12.8 Å². The van der Waals surface area contributed by atoms with Gasteiger partial charge in [0.2, 0.25) is 0 Å². The van der Waals surface area contributed by atoms with Crippen LogP contribution in [0.4, 0.5) is 4.39 Å². The van der Waals surface area contributed by atoms with Crippen LogP contribution in [0.15, 0.2) is 24.3 Å². The van der Waals surface area contributed by atoms with Gasteiger partial charge in [-0.15, -0.1) is 0 Å². The molecular formula is C18H29FN2. The predicted octanol–water partition coefficient (Wildman–Crippen LogP) is 3.84. The quantitative estimate of drug-likeness (QED) is 0.783. The molecule has 0 saturated heterocycles. The maximum atomic E-state index is 14.1. The summed E-state index contributed by atoms with van der Waals surface area (Å²) in [6.45, 7) is 8.46. The molecule has 1 saturated carbocycles. The Balaban J connectivity index is 2.04. The van der Waals surface area contributed by atoms with Crippen LogP contribution in [0, 0.1) is 17.7 Å². The average molecular weight is 292 g/mol. The van der Waals surface area contributed by atoms with Crippen molar-refractivity contribution in [3.8, 4) is 0 Å². The van der Waals surface area contributed by atoms with Gasteiger partial charge in [-0.05, 0) is 51.3 Å². The second kappa shape index (κ2) is 7.37. The highest BCUT2D eigenvalue weighted by atomic mass is 19.1. The van der Waals surface area contributed by atoms with Gasteiger partial charge in [-0.25, -0.2) is 4.39 Å². The third-order valence-electron chi connectivity index (χ3n) is 4.81. The number of nitrogens with one attached hydrogen (secondary N) is 1. The van der Waals surface area contributed by atoms with Crippen molar-refractivity contribution >= 4 is 0 Å². The van der Waals surface area contributed by atoms with Crippen LogP contribution in [0.5, 0.6) is 0 Å². The fraction of sp³-hybridized carbons (Fsp3) is 0.667. The number of rotatable bonds is 8. The Kier molecular flexibility index (Phi) is 5.77. The van der Waals surface area contributed by atoms with Crippen LogP contribution in [0.25, 0.3) is 0 Å². The van der Waals surface area contributed by atoms with E-state index in [1.54, 1.807) is 12.1 Å². The van der Waals surface area contributed by atoms with Crippen LogP contribution in [0.1, 0.15) is 45.2 Å². The van der Waals surface area contributed by atoms with E-state index in [9.17, 15) is 4.39 Å². The minimum Gasteiger partial charge on any atom is -0.310 e. The van der Waals surface area contributed by atoms with Gasteiger partial charge in [0, 0.05) is 24.2 Å². The molecule has 118 valence electrons. The van der Waals surface area contributed by atoms with Gasteiger partial charge in [-0.3, -0.25) is 0 Å². The number of nitrogens with zero attached hydrogens (tertiary/aromatic N) is 1. The van der Waals surface area contributed by atoms with Crippen molar-refractivity contribution in [3.05, 3.63) is 35.6 Å². The molecule has 2 rings (SSSR count). The monoisotopic (exact) mass is 292 g/mol. The topological polar surface area (TPSA) is 15.3 Å². The van der Waals surface area contributed by atoms with Crippen LogP contribution in [0.3, 0.4) is 0 Å². The zero-order valence-corrected chi connectivity index (χ0v) is 13.8. The summed E-state index contributed by atoms with van der Waals surface area (Å²) in [4.78, 5) is 2.44. The first-order valence-corrected chi connectivity index (χ1v) is 8.22. The fourth-order valence-corrected chi connectivity index (χ4v) is 3.23. The van der Waals surface area contributed by atoms with Gasteiger partial charge >= 0.3 is 0 Å². The third kappa shape index (κ3) is 4.27. The summed E-state index contributed by atoms with van der Waals surface area (Å²) in [6, 6.07) is 7.85. The second-order valence-electron chi connectivity index (χ2n) is 6.55. The Bertz CT molecular complexity index is 445. The van der Waals surface area contributed by atoms with Crippen molar-refractivity contribution < 1.29 is 4.39 Å². The van der Waals surface area contributed by atoms with Gasteiger partial charge in [0.25, 0.3) is 0 Å². The molecule has 3 heteroatoms. The average Bonchev–Trinajstić information content (AvgIpc) is 3.29. The first kappa shape index (κ1) is 16.4. The molecule has 2 nitrogen and oxygen atoms in total. The van der Waals surface area contributed by atoms with Gasteiger partial charge in [0.05, 0.1) is 0 Å². The number of halogens is 1. The third-order valence-corrected chi connectivity index (χ3v) is 4.81. The fourth-order valence-electron chi connectivity index (χ4n) is 3.23. The summed E-state index contributed by atoms with van der Waals surface area (Å²) < 4.78 is 14.1. The van der Waals surface area contributed by atoms with E-state index in [0.29, 0.717) is 12.0 Å². The summed E-state index contributed by atoms with van der Waals surface area (Å²) in [6.07, 6.45) is 2.73. The zero-order valence-electron chi connectivity index (χ0n) is 13.8. The molecule has 3 unspecified atom stereocenters. The summed E-state index contributed by atoms with van der Waals surface area (Å²) in [5.74, 6) is 1.13. The predicted molar refractivity (Wildman–Crippen MR) is 86.8 cm³/mol. The molecule has 0 heterocycles. The van der Waals surface area contributed by atoms with Crippen molar-refractivity contribution in [3.63, 3.8) is 0 Å². The Hall–Kier alpha value is -0.930. The van der Waals surface area contributed by atoms with E-state index < -0.39 is 0 Å². The lowest BCUT2D eigenvalue weighted by Gasteiger charge is -2.32. The van der Waals surface area contributed by atoms with Crippen molar-refractivity contribution in [2.45, 2.75) is 45.7 Å². The molecule has 1 fully saturated rings. The highest BCUT2D eigenvalue weighted by Crippen LogP contribution is 2.35. The first-order chi connectivity index (χ1) is 10.0. The largest absolute Gasteiger partial charge is 0.310 e. The molecule has 1 aromatic rings. The molecule has 0 aliphatic heterocycles. The van der Waals surface area contributed by atoms with E-state index >= 15 is 0 Å². The number of benzene rings is 1. The molecule has 0 radical (unpaired) electrons. The van der Waals surface area contributed by atoms with Crippen LogP contribution in [-0.2, 0) is 0 Å². The number of hydrogen-bond acceptors (Lipinski definition) is 2. The Morgan fingerprint density at radius 2 is 1.95 bits per heavy atom. The van der Waals surface area contributed by atoms with E-state index in [4.69, 9.17) is 0 Å². The van der Waals surface area contributed by atoms with Crippen molar-refractivity contribution in [1.29, 1.82) is 0 Å². The molecule has 1 aromatic carbocycles. The molecular weight excluding hydrogens is 263 g/mol. The van der Waals surface area contributed by atoms with Crippen LogP contribution in [0.2, 0.25) is 0 Å². The molecule has 0 amide bonds. The molecule has 1 aliphatic rings. The standard InChI is InChI=1S/C18H29FN2/c1-5-20-18(16-8-6-7-9-17(16)19)13(2)12-21(4)14(3)15-10-11-15/h6-9,13-15,18,20H,5,10-12H2,1-4H3. The van der Waals surface area contributed by atoms with Gasteiger partial charge in [0.15, 0.2) is 0 Å². The highest BCUT2D eigenvalue weighted by Gasteiger charge is 2.32. The van der Waals surface area contributed by atoms with Crippen molar-refractivity contribution in [2.75, 3.05) is 20.1 Å². The molecule has 21 heavy (non-hydrogen) atoms. The smallest absolute Gasteiger partial charge is 0.127 e. The van der Waals surface area contributed by atoms with Gasteiger partial charge in [0.1, 0.15) is 5.82 Å². The lowest BCUT2D eigenvalue weighted by molar-refractivity contribution is 0.184. The molecule has 0 spiro atoms. The molecule has 1 N–H and O–H groups in total. The summed E-state index contributed by atoms with van der Waals surface area (Å²) in [7, 11) is 2.20. The Labute approximate surface area is 128 Å².